The van der Waals surface area contributed by atoms with Gasteiger partial charge in [0.2, 0.25) is 0 Å². The molecule has 1 atom stereocenters. The van der Waals surface area contributed by atoms with Crippen molar-refractivity contribution in [3.05, 3.63) is 56.8 Å². The standard InChI is InChI=1S/C18H18BrN5/c1-3-5-15-13(9-21)16(14(10-22)18(23)24(15)2)12-7-4-6-11(8-20)17(12)19/h4,6-7,10,16,23H,3,5,22H2,1-2H3/b14-10-,23-18?. The summed E-state index contributed by atoms with van der Waals surface area (Å²) in [4.78, 5) is 1.72. The van der Waals surface area contributed by atoms with E-state index in [-0.39, 0.29) is 5.84 Å². The molecule has 0 saturated carbocycles. The Bertz CT molecular complexity index is 823. The van der Waals surface area contributed by atoms with Crippen LogP contribution in [0.3, 0.4) is 0 Å². The van der Waals surface area contributed by atoms with E-state index in [0.717, 1.165) is 17.7 Å². The smallest absolute Gasteiger partial charge is 0.130 e. The first-order chi connectivity index (χ1) is 11.5. The highest BCUT2D eigenvalue weighted by molar-refractivity contribution is 9.10. The van der Waals surface area contributed by atoms with Gasteiger partial charge in [0.15, 0.2) is 0 Å². The topological polar surface area (TPSA) is 101 Å². The predicted molar refractivity (Wildman–Crippen MR) is 96.9 cm³/mol. The summed E-state index contributed by atoms with van der Waals surface area (Å²) in [5.41, 5.74) is 9.02. The van der Waals surface area contributed by atoms with Crippen molar-refractivity contribution in [3.8, 4) is 12.1 Å². The maximum atomic E-state index is 9.80. The molecule has 5 nitrogen and oxygen atoms in total. The van der Waals surface area contributed by atoms with E-state index in [0.29, 0.717) is 27.6 Å². The second-order valence-electron chi connectivity index (χ2n) is 5.51. The van der Waals surface area contributed by atoms with E-state index in [1.807, 2.05) is 13.0 Å². The number of nitrogens with two attached hydrogens (primary N) is 1. The van der Waals surface area contributed by atoms with E-state index in [1.54, 1.807) is 24.1 Å². The number of allylic oxidation sites excluding steroid dienone is 2. The Balaban J connectivity index is 2.80. The van der Waals surface area contributed by atoms with Crippen molar-refractivity contribution in [3.63, 3.8) is 0 Å². The first kappa shape index (κ1) is 17.8. The Kier molecular flexibility index (Phi) is 5.43. The molecule has 0 saturated heterocycles. The summed E-state index contributed by atoms with van der Waals surface area (Å²) in [5.74, 6) is -0.174. The van der Waals surface area contributed by atoms with Gasteiger partial charge < -0.3 is 10.6 Å². The second kappa shape index (κ2) is 7.33. The molecular weight excluding hydrogens is 366 g/mol. The van der Waals surface area contributed by atoms with E-state index in [1.165, 1.54) is 6.20 Å². The van der Waals surface area contributed by atoms with Crippen LogP contribution in [0.15, 0.2) is 45.7 Å². The number of nitriles is 2. The lowest BCUT2D eigenvalue weighted by atomic mass is 9.79. The molecule has 0 aromatic heterocycles. The van der Waals surface area contributed by atoms with E-state index in [9.17, 15) is 10.5 Å². The van der Waals surface area contributed by atoms with Crippen molar-refractivity contribution in [2.75, 3.05) is 7.05 Å². The third-order valence-electron chi connectivity index (χ3n) is 4.17. The summed E-state index contributed by atoms with van der Waals surface area (Å²) in [5, 5.41) is 27.5. The van der Waals surface area contributed by atoms with Crippen molar-refractivity contribution in [1.29, 1.82) is 15.9 Å². The molecule has 0 radical (unpaired) electrons. The van der Waals surface area contributed by atoms with E-state index >= 15 is 0 Å². The summed E-state index contributed by atoms with van der Waals surface area (Å²) in [7, 11) is 1.78. The van der Waals surface area contributed by atoms with Crippen molar-refractivity contribution in [2.45, 2.75) is 25.7 Å². The Morgan fingerprint density at radius 3 is 2.62 bits per heavy atom. The minimum absolute atomic E-state index is 0.277. The van der Waals surface area contributed by atoms with Crippen molar-refractivity contribution >= 4 is 21.8 Å². The lowest BCUT2D eigenvalue weighted by molar-refractivity contribution is 0.546. The van der Waals surface area contributed by atoms with Gasteiger partial charge in [-0.25, -0.2) is 0 Å². The minimum atomic E-state index is -0.451. The monoisotopic (exact) mass is 383 g/mol. The van der Waals surface area contributed by atoms with Crippen molar-refractivity contribution < 1.29 is 0 Å². The van der Waals surface area contributed by atoms with Crippen molar-refractivity contribution in [1.82, 2.24) is 4.90 Å². The SMILES string of the molecule is CCCC1=C(C#N)C(c2cccc(C#N)c2Br)/C(=C/N)C(=N)N1C. The van der Waals surface area contributed by atoms with Crippen LogP contribution in [0.1, 0.15) is 36.8 Å². The van der Waals surface area contributed by atoms with Gasteiger partial charge in [0.05, 0.1) is 23.1 Å². The quantitative estimate of drug-likeness (QED) is 0.829. The number of halogens is 1. The van der Waals surface area contributed by atoms with Crippen LogP contribution in [0.2, 0.25) is 0 Å². The van der Waals surface area contributed by atoms with Gasteiger partial charge in [0.1, 0.15) is 11.9 Å². The van der Waals surface area contributed by atoms with Crippen LogP contribution < -0.4 is 5.73 Å². The highest BCUT2D eigenvalue weighted by atomic mass is 79.9. The zero-order chi connectivity index (χ0) is 17.9. The Labute approximate surface area is 150 Å². The lowest BCUT2D eigenvalue weighted by Crippen LogP contribution is -2.36. The van der Waals surface area contributed by atoms with Gasteiger partial charge in [0, 0.05) is 29.0 Å². The van der Waals surface area contributed by atoms with Crippen molar-refractivity contribution in [2.24, 2.45) is 5.73 Å². The fourth-order valence-electron chi connectivity index (χ4n) is 2.99. The number of hydrogen-bond acceptors (Lipinski definition) is 4. The van der Waals surface area contributed by atoms with Crippen LogP contribution in [0, 0.1) is 28.1 Å². The molecule has 0 spiro atoms. The number of nitrogens with zero attached hydrogens (tertiary/aromatic N) is 3. The maximum absolute atomic E-state index is 9.80. The Morgan fingerprint density at radius 1 is 1.38 bits per heavy atom. The average Bonchev–Trinajstić information content (AvgIpc) is 2.59. The molecule has 0 bridgehead atoms. The molecule has 0 fully saturated rings. The first-order valence-electron chi connectivity index (χ1n) is 7.57. The molecule has 1 aromatic rings. The van der Waals surface area contributed by atoms with Crippen LogP contribution in [0.25, 0.3) is 0 Å². The molecular formula is C18H18BrN5. The maximum Gasteiger partial charge on any atom is 0.130 e. The number of nitrogens with one attached hydrogen (secondary N) is 1. The fraction of sp³-hybridized carbons (Fsp3) is 0.278. The molecule has 0 amide bonds. The van der Waals surface area contributed by atoms with E-state index in [4.69, 9.17) is 11.1 Å². The number of benzene rings is 1. The molecule has 6 heteroatoms. The first-order valence-corrected chi connectivity index (χ1v) is 8.37. The molecule has 24 heavy (non-hydrogen) atoms. The number of amidine groups is 1. The summed E-state index contributed by atoms with van der Waals surface area (Å²) in [6.45, 7) is 2.04. The average molecular weight is 384 g/mol. The Morgan fingerprint density at radius 2 is 2.08 bits per heavy atom. The van der Waals surface area contributed by atoms with Crippen LogP contribution in [-0.4, -0.2) is 17.8 Å². The van der Waals surface area contributed by atoms with Gasteiger partial charge in [-0.3, -0.25) is 5.41 Å². The molecule has 1 aliphatic rings. The van der Waals surface area contributed by atoms with Crippen LogP contribution in [0.4, 0.5) is 0 Å². The van der Waals surface area contributed by atoms with E-state index < -0.39 is 5.92 Å². The van der Waals surface area contributed by atoms with Gasteiger partial charge in [-0.2, -0.15) is 10.5 Å². The van der Waals surface area contributed by atoms with Gasteiger partial charge in [-0.05, 0) is 34.0 Å². The zero-order valence-corrected chi connectivity index (χ0v) is 15.2. The Hall–Kier alpha value is -2.57. The molecule has 1 aliphatic heterocycles. The summed E-state index contributed by atoms with van der Waals surface area (Å²) < 4.78 is 0.637. The minimum Gasteiger partial charge on any atom is -0.404 e. The molecule has 122 valence electrons. The summed E-state index contributed by atoms with van der Waals surface area (Å²) in [6.07, 6.45) is 2.95. The number of hydrogen-bond donors (Lipinski definition) is 2. The van der Waals surface area contributed by atoms with Gasteiger partial charge >= 0.3 is 0 Å². The molecule has 1 unspecified atom stereocenters. The number of rotatable bonds is 3. The largest absolute Gasteiger partial charge is 0.404 e. The van der Waals surface area contributed by atoms with Gasteiger partial charge in [-0.1, -0.05) is 25.5 Å². The highest BCUT2D eigenvalue weighted by Crippen LogP contribution is 2.43. The number of likely N-dealkylation sites (N-methyl/N-ethyl adjacent to an activating group) is 1. The fourth-order valence-corrected chi connectivity index (χ4v) is 3.58. The normalized spacial score (nSPS) is 19.4. The highest BCUT2D eigenvalue weighted by Gasteiger charge is 2.36. The van der Waals surface area contributed by atoms with Gasteiger partial charge in [-0.15, -0.1) is 0 Å². The van der Waals surface area contributed by atoms with Gasteiger partial charge in [0.25, 0.3) is 0 Å². The second-order valence-corrected chi connectivity index (χ2v) is 6.30. The molecule has 2 rings (SSSR count). The predicted octanol–water partition coefficient (Wildman–Crippen LogP) is 3.75. The molecule has 1 aromatic carbocycles. The zero-order valence-electron chi connectivity index (χ0n) is 13.6. The van der Waals surface area contributed by atoms with Crippen LogP contribution in [-0.2, 0) is 0 Å². The van der Waals surface area contributed by atoms with E-state index in [2.05, 4.69) is 28.1 Å². The van der Waals surface area contributed by atoms with Crippen LogP contribution >= 0.6 is 15.9 Å². The summed E-state index contributed by atoms with van der Waals surface area (Å²) in [6, 6.07) is 9.80. The third kappa shape index (κ3) is 2.81. The lowest BCUT2D eigenvalue weighted by Gasteiger charge is -2.36. The van der Waals surface area contributed by atoms with Crippen LogP contribution in [0.5, 0.6) is 0 Å². The molecule has 3 N–H and O–H groups in total. The summed E-state index contributed by atoms with van der Waals surface area (Å²) >= 11 is 3.48. The molecule has 0 aliphatic carbocycles. The molecule has 1 heterocycles. The third-order valence-corrected chi connectivity index (χ3v) is 5.06.